The first-order valence-corrected chi connectivity index (χ1v) is 8.31. The van der Waals surface area contributed by atoms with E-state index < -0.39 is 17.1 Å². The fourth-order valence-electron chi connectivity index (χ4n) is 2.89. The molecular formula is C16H14F3N3O2S. The van der Waals surface area contributed by atoms with E-state index in [0.29, 0.717) is 22.7 Å². The van der Waals surface area contributed by atoms with Gasteiger partial charge in [0.15, 0.2) is 5.01 Å². The molecule has 132 valence electrons. The van der Waals surface area contributed by atoms with Crippen LogP contribution in [0.3, 0.4) is 0 Å². The quantitative estimate of drug-likeness (QED) is 0.772. The van der Waals surface area contributed by atoms with Crippen LogP contribution in [0.4, 0.5) is 24.5 Å². The second-order valence-electron chi connectivity index (χ2n) is 5.68. The maximum Gasteiger partial charge on any atom is 0.443 e. The van der Waals surface area contributed by atoms with E-state index in [1.165, 1.54) is 11.8 Å². The van der Waals surface area contributed by atoms with Gasteiger partial charge in [0.2, 0.25) is 5.91 Å². The van der Waals surface area contributed by atoms with Gasteiger partial charge in [-0.25, -0.2) is 4.98 Å². The molecule has 3 rings (SSSR count). The summed E-state index contributed by atoms with van der Waals surface area (Å²) in [6, 6.07) is 6.49. The van der Waals surface area contributed by atoms with Crippen LogP contribution in [0.25, 0.3) is 0 Å². The zero-order valence-corrected chi connectivity index (χ0v) is 14.2. The maximum absolute atomic E-state index is 12.7. The summed E-state index contributed by atoms with van der Waals surface area (Å²) in [5.74, 6) is -0.783. The fourth-order valence-corrected chi connectivity index (χ4v) is 3.55. The van der Waals surface area contributed by atoms with E-state index in [1.54, 1.807) is 36.1 Å². The predicted octanol–water partition coefficient (Wildman–Crippen LogP) is 3.56. The van der Waals surface area contributed by atoms with Crippen molar-refractivity contribution in [2.24, 2.45) is 0 Å². The zero-order valence-electron chi connectivity index (χ0n) is 13.4. The van der Waals surface area contributed by atoms with Gasteiger partial charge in [-0.2, -0.15) is 13.2 Å². The van der Waals surface area contributed by atoms with Gasteiger partial charge >= 0.3 is 6.18 Å². The molecule has 2 heterocycles. The highest BCUT2D eigenvalue weighted by atomic mass is 32.1. The highest BCUT2D eigenvalue weighted by molar-refractivity contribution is 7.10. The number of amides is 2. The van der Waals surface area contributed by atoms with E-state index >= 15 is 0 Å². The van der Waals surface area contributed by atoms with E-state index in [9.17, 15) is 22.8 Å². The SMILES string of the molecule is CC(=O)N1c2ccccc2N(C(=O)c2csc(C(F)(F)F)n2)C[C@@H]1C. The number of hydrogen-bond acceptors (Lipinski definition) is 4. The third kappa shape index (κ3) is 3.11. The van der Waals surface area contributed by atoms with Crippen LogP contribution in [0.5, 0.6) is 0 Å². The Morgan fingerprint density at radius 2 is 1.88 bits per heavy atom. The van der Waals surface area contributed by atoms with E-state index in [-0.39, 0.29) is 24.2 Å². The Morgan fingerprint density at radius 1 is 1.24 bits per heavy atom. The van der Waals surface area contributed by atoms with Crippen molar-refractivity contribution in [3.05, 3.63) is 40.3 Å². The minimum Gasteiger partial charge on any atom is -0.306 e. The lowest BCUT2D eigenvalue weighted by Crippen LogP contribution is -2.51. The Bertz CT molecular complexity index is 834. The summed E-state index contributed by atoms with van der Waals surface area (Å²) >= 11 is 0.388. The second kappa shape index (κ2) is 6.14. The lowest BCUT2D eigenvalue weighted by atomic mass is 10.1. The van der Waals surface area contributed by atoms with E-state index in [0.717, 1.165) is 5.38 Å². The topological polar surface area (TPSA) is 53.5 Å². The molecule has 0 radical (unpaired) electrons. The number of hydrogen-bond donors (Lipinski definition) is 0. The Morgan fingerprint density at radius 3 is 2.44 bits per heavy atom. The number of rotatable bonds is 1. The predicted molar refractivity (Wildman–Crippen MR) is 87.9 cm³/mol. The molecule has 1 aromatic heterocycles. The summed E-state index contributed by atoms with van der Waals surface area (Å²) in [5, 5.41) is 0.0510. The van der Waals surface area contributed by atoms with Gasteiger partial charge in [-0.1, -0.05) is 12.1 Å². The molecule has 0 unspecified atom stereocenters. The van der Waals surface area contributed by atoms with Crippen molar-refractivity contribution >= 4 is 34.5 Å². The smallest absolute Gasteiger partial charge is 0.306 e. The van der Waals surface area contributed by atoms with Gasteiger partial charge < -0.3 is 9.80 Å². The number of fused-ring (bicyclic) bond motifs is 1. The standard InChI is InChI=1S/C16H14F3N3O2S/c1-9-7-21(12-5-3-4-6-13(12)22(9)10(2)23)14(24)11-8-25-15(20-11)16(17,18)19/h3-6,8-9H,7H2,1-2H3/t9-/m0/s1. The minimum atomic E-state index is -4.58. The Balaban J connectivity index is 2.00. The summed E-state index contributed by atoms with van der Waals surface area (Å²) in [4.78, 5) is 31.0. The van der Waals surface area contributed by atoms with Crippen LogP contribution < -0.4 is 9.80 Å². The molecule has 1 atom stereocenters. The zero-order chi connectivity index (χ0) is 18.4. The molecule has 9 heteroatoms. The number of carbonyl (C=O) groups excluding carboxylic acids is 2. The summed E-state index contributed by atoms with van der Waals surface area (Å²) in [6.45, 7) is 3.38. The summed E-state index contributed by atoms with van der Waals surface area (Å²) < 4.78 is 38.2. The highest BCUT2D eigenvalue weighted by Gasteiger charge is 2.38. The van der Waals surface area contributed by atoms with Gasteiger partial charge in [0, 0.05) is 18.8 Å². The molecule has 0 aliphatic carbocycles. The van der Waals surface area contributed by atoms with Crippen LogP contribution in [-0.4, -0.2) is 29.4 Å². The monoisotopic (exact) mass is 369 g/mol. The number of anilines is 2. The average molecular weight is 369 g/mol. The van der Waals surface area contributed by atoms with Gasteiger partial charge in [0.05, 0.1) is 17.4 Å². The molecule has 0 bridgehead atoms. The van der Waals surface area contributed by atoms with E-state index in [1.807, 2.05) is 0 Å². The number of benzene rings is 1. The first-order valence-electron chi connectivity index (χ1n) is 7.43. The molecule has 1 aliphatic rings. The van der Waals surface area contributed by atoms with Crippen LogP contribution in [-0.2, 0) is 11.0 Å². The Labute approximate surface area is 145 Å². The molecule has 0 saturated carbocycles. The number of halogens is 3. The molecule has 1 aromatic carbocycles. The van der Waals surface area contributed by atoms with Crippen molar-refractivity contribution in [2.75, 3.05) is 16.3 Å². The molecule has 5 nitrogen and oxygen atoms in total. The number of para-hydroxylation sites is 2. The van der Waals surface area contributed by atoms with Crippen molar-refractivity contribution < 1.29 is 22.8 Å². The molecule has 2 aromatic rings. The fraction of sp³-hybridized carbons (Fsp3) is 0.312. The van der Waals surface area contributed by atoms with Gasteiger partial charge in [-0.3, -0.25) is 9.59 Å². The van der Waals surface area contributed by atoms with Crippen molar-refractivity contribution in [3.8, 4) is 0 Å². The molecule has 2 amide bonds. The van der Waals surface area contributed by atoms with Gasteiger partial charge in [-0.05, 0) is 19.1 Å². The number of aromatic nitrogens is 1. The lowest BCUT2D eigenvalue weighted by Gasteiger charge is -2.40. The van der Waals surface area contributed by atoms with Crippen LogP contribution >= 0.6 is 11.3 Å². The van der Waals surface area contributed by atoms with Crippen LogP contribution in [0.15, 0.2) is 29.6 Å². The first kappa shape index (κ1) is 17.4. The third-order valence-electron chi connectivity index (χ3n) is 3.87. The lowest BCUT2D eigenvalue weighted by molar-refractivity contribution is -0.137. The molecule has 0 N–H and O–H groups in total. The van der Waals surface area contributed by atoms with Gasteiger partial charge in [-0.15, -0.1) is 11.3 Å². The van der Waals surface area contributed by atoms with Crippen LogP contribution in [0.2, 0.25) is 0 Å². The largest absolute Gasteiger partial charge is 0.443 e. The van der Waals surface area contributed by atoms with Gasteiger partial charge in [0.25, 0.3) is 5.91 Å². The Hall–Kier alpha value is -2.42. The highest BCUT2D eigenvalue weighted by Crippen LogP contribution is 2.37. The first-order chi connectivity index (χ1) is 11.7. The summed E-state index contributed by atoms with van der Waals surface area (Å²) in [5.41, 5.74) is 0.770. The molecule has 25 heavy (non-hydrogen) atoms. The molecule has 0 fully saturated rings. The number of nitrogens with zero attached hydrogens (tertiary/aromatic N) is 3. The van der Waals surface area contributed by atoms with E-state index in [2.05, 4.69) is 4.98 Å². The average Bonchev–Trinajstić information content (AvgIpc) is 3.03. The second-order valence-corrected chi connectivity index (χ2v) is 6.54. The van der Waals surface area contributed by atoms with Crippen molar-refractivity contribution in [2.45, 2.75) is 26.1 Å². The third-order valence-corrected chi connectivity index (χ3v) is 4.76. The van der Waals surface area contributed by atoms with E-state index in [4.69, 9.17) is 0 Å². The van der Waals surface area contributed by atoms with Crippen molar-refractivity contribution in [1.29, 1.82) is 0 Å². The normalized spacial score (nSPS) is 17.4. The van der Waals surface area contributed by atoms with Crippen molar-refractivity contribution in [3.63, 3.8) is 0 Å². The number of carbonyl (C=O) groups is 2. The molecule has 0 saturated heterocycles. The summed E-state index contributed by atoms with van der Waals surface area (Å²) in [7, 11) is 0. The molecular weight excluding hydrogens is 355 g/mol. The van der Waals surface area contributed by atoms with Gasteiger partial charge in [0.1, 0.15) is 5.69 Å². The maximum atomic E-state index is 12.7. The van der Waals surface area contributed by atoms with Crippen LogP contribution in [0.1, 0.15) is 29.3 Å². The number of thiazole rings is 1. The van der Waals surface area contributed by atoms with Crippen LogP contribution in [0, 0.1) is 0 Å². The molecule has 1 aliphatic heterocycles. The molecule has 0 spiro atoms. The summed E-state index contributed by atoms with van der Waals surface area (Å²) in [6.07, 6.45) is -4.58. The Kier molecular flexibility index (Phi) is 4.28. The minimum absolute atomic E-state index is 0.167. The number of alkyl halides is 3. The van der Waals surface area contributed by atoms with Crippen molar-refractivity contribution in [1.82, 2.24) is 4.98 Å².